The maximum atomic E-state index is 2.36. The lowest BCUT2D eigenvalue weighted by Crippen LogP contribution is -2.34. The van der Waals surface area contributed by atoms with Crippen molar-refractivity contribution >= 4 is 0 Å². The van der Waals surface area contributed by atoms with Crippen LogP contribution in [0.25, 0.3) is 0 Å². The van der Waals surface area contributed by atoms with Crippen molar-refractivity contribution in [3.8, 4) is 0 Å². The van der Waals surface area contributed by atoms with Gasteiger partial charge in [0.1, 0.15) is 0 Å². The number of nitrogens with zero attached hydrogens (tertiary/aromatic N) is 2. The summed E-state index contributed by atoms with van der Waals surface area (Å²) in [7, 11) is 2.16. The van der Waals surface area contributed by atoms with E-state index in [0.29, 0.717) is 6.17 Å². The normalized spacial score (nSPS) is 24.4. The van der Waals surface area contributed by atoms with Crippen molar-refractivity contribution < 1.29 is 0 Å². The Hall–Kier alpha value is -0.660. The highest BCUT2D eigenvalue weighted by molar-refractivity contribution is 5.07. The second kappa shape index (κ2) is 3.16. The van der Waals surface area contributed by atoms with Crippen molar-refractivity contribution in [2.75, 3.05) is 13.6 Å². The predicted molar refractivity (Wildman–Crippen MR) is 48.0 cm³/mol. The van der Waals surface area contributed by atoms with E-state index in [-0.39, 0.29) is 0 Å². The van der Waals surface area contributed by atoms with Crippen molar-refractivity contribution in [1.29, 1.82) is 0 Å². The molecule has 1 atom stereocenters. The zero-order chi connectivity index (χ0) is 8.43. The molecule has 0 saturated heterocycles. The van der Waals surface area contributed by atoms with E-state index in [9.17, 15) is 0 Å². The van der Waals surface area contributed by atoms with E-state index >= 15 is 0 Å². The molecule has 0 aromatic carbocycles. The molecule has 0 amide bonds. The number of hydrogen-bond donors (Lipinski definition) is 0. The van der Waals surface area contributed by atoms with Gasteiger partial charge in [0, 0.05) is 25.5 Å². The molecule has 0 radical (unpaired) electrons. The number of hydrogen-bond acceptors (Lipinski definition) is 2. The van der Waals surface area contributed by atoms with Gasteiger partial charge in [-0.2, -0.15) is 0 Å². The molecule has 2 nitrogen and oxygen atoms in total. The molecule has 11 heavy (non-hydrogen) atoms. The molecule has 0 fully saturated rings. The average molecular weight is 154 g/mol. The Bertz CT molecular complexity index is 163. The third-order valence-electron chi connectivity index (χ3n) is 2.54. The molecular weight excluding hydrogens is 136 g/mol. The lowest BCUT2D eigenvalue weighted by Gasteiger charge is -2.27. The lowest BCUT2D eigenvalue weighted by atomic mass is 10.3. The summed E-state index contributed by atoms with van der Waals surface area (Å²) >= 11 is 0. The first-order valence-electron chi connectivity index (χ1n) is 4.40. The van der Waals surface area contributed by atoms with Gasteiger partial charge in [-0.15, -0.1) is 0 Å². The fraction of sp³-hybridized carbons (Fsp3) is 0.778. The third kappa shape index (κ3) is 1.35. The van der Waals surface area contributed by atoms with Crippen LogP contribution in [-0.4, -0.2) is 29.6 Å². The molecule has 64 valence electrons. The van der Waals surface area contributed by atoms with Gasteiger partial charge in [0.05, 0.1) is 6.17 Å². The van der Waals surface area contributed by atoms with Crippen molar-refractivity contribution in [3.05, 3.63) is 11.9 Å². The van der Waals surface area contributed by atoms with Crippen LogP contribution in [0.3, 0.4) is 0 Å². The minimum atomic E-state index is 0.551. The van der Waals surface area contributed by atoms with Crippen LogP contribution in [0.5, 0.6) is 0 Å². The molecule has 0 aromatic heterocycles. The van der Waals surface area contributed by atoms with Crippen molar-refractivity contribution in [3.63, 3.8) is 0 Å². The SMILES string of the molecule is CCC1=CN(CC)C(C)N1C. The number of allylic oxidation sites excluding steroid dienone is 1. The second-order valence-corrected chi connectivity index (χ2v) is 3.05. The largest absolute Gasteiger partial charge is 0.357 e. The molecule has 2 heteroatoms. The predicted octanol–water partition coefficient (Wildman–Crippen LogP) is 1.85. The second-order valence-electron chi connectivity index (χ2n) is 3.05. The minimum absolute atomic E-state index is 0.551. The zero-order valence-corrected chi connectivity index (χ0v) is 7.96. The van der Waals surface area contributed by atoms with Crippen LogP contribution in [0.15, 0.2) is 11.9 Å². The molecule has 1 aliphatic heterocycles. The first-order valence-corrected chi connectivity index (χ1v) is 4.40. The summed E-state index contributed by atoms with van der Waals surface area (Å²) in [6.45, 7) is 7.74. The Morgan fingerprint density at radius 1 is 1.45 bits per heavy atom. The van der Waals surface area contributed by atoms with Crippen LogP contribution in [0, 0.1) is 0 Å². The van der Waals surface area contributed by atoms with Crippen LogP contribution in [0.1, 0.15) is 27.2 Å². The Kier molecular flexibility index (Phi) is 2.42. The van der Waals surface area contributed by atoms with Crippen LogP contribution in [0.2, 0.25) is 0 Å². The molecule has 0 spiro atoms. The summed E-state index contributed by atoms with van der Waals surface area (Å²) in [5, 5.41) is 0. The Morgan fingerprint density at radius 3 is 2.36 bits per heavy atom. The van der Waals surface area contributed by atoms with Crippen molar-refractivity contribution in [1.82, 2.24) is 9.80 Å². The number of rotatable bonds is 2. The van der Waals surface area contributed by atoms with Gasteiger partial charge in [-0.05, 0) is 20.3 Å². The van der Waals surface area contributed by atoms with Crippen LogP contribution in [-0.2, 0) is 0 Å². The summed E-state index contributed by atoms with van der Waals surface area (Å²) in [4.78, 5) is 4.70. The molecule has 0 aliphatic carbocycles. The molecule has 1 unspecified atom stereocenters. The maximum Gasteiger partial charge on any atom is 0.0977 e. The Labute approximate surface area is 69.5 Å². The topological polar surface area (TPSA) is 6.48 Å². The van der Waals surface area contributed by atoms with Crippen LogP contribution >= 0.6 is 0 Å². The Balaban J connectivity index is 2.68. The standard InChI is InChI=1S/C9H18N2/c1-5-9-7-11(6-2)8(3)10(9)4/h7-8H,5-6H2,1-4H3. The van der Waals surface area contributed by atoms with E-state index in [1.54, 1.807) is 0 Å². The van der Waals surface area contributed by atoms with Gasteiger partial charge >= 0.3 is 0 Å². The highest BCUT2D eigenvalue weighted by atomic mass is 15.4. The maximum absolute atomic E-state index is 2.36. The zero-order valence-electron chi connectivity index (χ0n) is 7.96. The minimum Gasteiger partial charge on any atom is -0.357 e. The summed E-state index contributed by atoms with van der Waals surface area (Å²) in [5.41, 5.74) is 1.44. The smallest absolute Gasteiger partial charge is 0.0977 e. The van der Waals surface area contributed by atoms with Gasteiger partial charge in [-0.25, -0.2) is 0 Å². The molecular formula is C9H18N2. The van der Waals surface area contributed by atoms with Gasteiger partial charge in [-0.1, -0.05) is 6.92 Å². The van der Waals surface area contributed by atoms with Gasteiger partial charge < -0.3 is 9.80 Å². The highest BCUT2D eigenvalue weighted by Crippen LogP contribution is 2.21. The van der Waals surface area contributed by atoms with Gasteiger partial charge in [0.2, 0.25) is 0 Å². The quantitative estimate of drug-likeness (QED) is 0.599. The summed E-state index contributed by atoms with van der Waals surface area (Å²) in [6, 6.07) is 0. The van der Waals surface area contributed by atoms with E-state index in [0.717, 1.165) is 13.0 Å². The Morgan fingerprint density at radius 2 is 2.09 bits per heavy atom. The van der Waals surface area contributed by atoms with E-state index in [4.69, 9.17) is 0 Å². The van der Waals surface area contributed by atoms with E-state index < -0.39 is 0 Å². The lowest BCUT2D eigenvalue weighted by molar-refractivity contribution is 0.193. The van der Waals surface area contributed by atoms with Crippen LogP contribution in [0.4, 0.5) is 0 Å². The molecule has 0 aromatic rings. The van der Waals surface area contributed by atoms with E-state index in [2.05, 4.69) is 43.8 Å². The van der Waals surface area contributed by atoms with Gasteiger partial charge in [0.15, 0.2) is 0 Å². The molecule has 1 heterocycles. The van der Waals surface area contributed by atoms with Gasteiger partial charge in [-0.3, -0.25) is 0 Å². The summed E-state index contributed by atoms with van der Waals surface area (Å²) < 4.78 is 0. The molecule has 0 N–H and O–H groups in total. The van der Waals surface area contributed by atoms with Gasteiger partial charge in [0.25, 0.3) is 0 Å². The molecule has 1 aliphatic rings. The van der Waals surface area contributed by atoms with Crippen molar-refractivity contribution in [2.45, 2.75) is 33.4 Å². The van der Waals surface area contributed by atoms with E-state index in [1.165, 1.54) is 5.70 Å². The fourth-order valence-electron chi connectivity index (χ4n) is 1.55. The molecule has 0 bridgehead atoms. The summed E-state index contributed by atoms with van der Waals surface area (Å²) in [6.07, 6.45) is 3.96. The average Bonchev–Trinajstić information content (AvgIpc) is 2.30. The monoisotopic (exact) mass is 154 g/mol. The first kappa shape index (κ1) is 8.44. The molecule has 1 rings (SSSR count). The third-order valence-corrected chi connectivity index (χ3v) is 2.54. The molecule has 0 saturated carbocycles. The van der Waals surface area contributed by atoms with E-state index in [1.807, 2.05) is 0 Å². The summed E-state index contributed by atoms with van der Waals surface area (Å²) in [5.74, 6) is 0. The van der Waals surface area contributed by atoms with Crippen LogP contribution < -0.4 is 0 Å². The first-order chi connectivity index (χ1) is 5.20. The van der Waals surface area contributed by atoms with Crippen molar-refractivity contribution in [2.24, 2.45) is 0 Å². The highest BCUT2D eigenvalue weighted by Gasteiger charge is 2.22. The fourth-order valence-corrected chi connectivity index (χ4v) is 1.55.